The SMILES string of the molecule is Cc1c([C@@H]2CN(Cc3ccccc3)C[C@H]2C(=O)O)cnn1C. The van der Waals surface area contributed by atoms with Crippen LogP contribution in [0.25, 0.3) is 0 Å². The molecule has 5 heteroatoms. The maximum atomic E-state index is 11.6. The van der Waals surface area contributed by atoms with Crippen molar-refractivity contribution in [1.29, 1.82) is 0 Å². The highest BCUT2D eigenvalue weighted by Gasteiger charge is 2.39. The third-order valence-electron chi connectivity index (χ3n) is 4.63. The van der Waals surface area contributed by atoms with E-state index in [0.29, 0.717) is 6.54 Å². The third-order valence-corrected chi connectivity index (χ3v) is 4.63. The van der Waals surface area contributed by atoms with Gasteiger partial charge < -0.3 is 5.11 Å². The van der Waals surface area contributed by atoms with Gasteiger partial charge in [0.2, 0.25) is 0 Å². The molecule has 1 aromatic carbocycles. The van der Waals surface area contributed by atoms with Gasteiger partial charge >= 0.3 is 5.97 Å². The van der Waals surface area contributed by atoms with Crippen molar-refractivity contribution in [2.45, 2.75) is 19.4 Å². The molecular weight excluding hydrogens is 278 g/mol. The molecule has 3 rings (SSSR count). The standard InChI is InChI=1S/C17H21N3O2/c1-12-14(8-18-19(12)2)15-10-20(11-16(15)17(21)22)9-13-6-4-3-5-7-13/h3-8,15-16H,9-11H2,1-2H3,(H,21,22)/t15-,16+/m0/s1. The average Bonchev–Trinajstić information content (AvgIpc) is 3.05. The smallest absolute Gasteiger partial charge is 0.308 e. The molecule has 1 aliphatic heterocycles. The first-order chi connectivity index (χ1) is 10.6. The molecule has 0 spiro atoms. The van der Waals surface area contributed by atoms with Crippen LogP contribution in [-0.4, -0.2) is 38.8 Å². The van der Waals surface area contributed by atoms with E-state index in [2.05, 4.69) is 22.1 Å². The topological polar surface area (TPSA) is 58.4 Å². The number of aliphatic carboxylic acids is 1. The number of hydrogen-bond acceptors (Lipinski definition) is 3. The molecule has 1 fully saturated rings. The van der Waals surface area contributed by atoms with Gasteiger partial charge in [-0.3, -0.25) is 14.4 Å². The third kappa shape index (κ3) is 2.76. The summed E-state index contributed by atoms with van der Waals surface area (Å²) >= 11 is 0. The molecule has 22 heavy (non-hydrogen) atoms. The molecule has 1 aromatic heterocycles. The molecule has 0 aliphatic carbocycles. The zero-order chi connectivity index (χ0) is 15.7. The summed E-state index contributed by atoms with van der Waals surface area (Å²) in [5.41, 5.74) is 3.33. The van der Waals surface area contributed by atoms with Gasteiger partial charge in [-0.1, -0.05) is 30.3 Å². The molecule has 116 valence electrons. The second-order valence-corrected chi connectivity index (χ2v) is 6.04. The summed E-state index contributed by atoms with van der Waals surface area (Å²) in [6.45, 7) is 4.14. The number of benzene rings is 1. The molecule has 0 amide bonds. The monoisotopic (exact) mass is 299 g/mol. The molecule has 2 atom stereocenters. The van der Waals surface area contributed by atoms with Gasteiger partial charge in [-0.25, -0.2) is 0 Å². The van der Waals surface area contributed by atoms with Crippen LogP contribution in [-0.2, 0) is 18.4 Å². The van der Waals surface area contributed by atoms with Crippen LogP contribution >= 0.6 is 0 Å². The van der Waals surface area contributed by atoms with Gasteiger partial charge in [0.1, 0.15) is 0 Å². The van der Waals surface area contributed by atoms with Gasteiger partial charge in [0, 0.05) is 38.3 Å². The molecule has 0 radical (unpaired) electrons. The number of aryl methyl sites for hydroxylation is 1. The fourth-order valence-corrected chi connectivity index (χ4v) is 3.30. The number of hydrogen-bond donors (Lipinski definition) is 1. The maximum absolute atomic E-state index is 11.6. The molecule has 0 saturated carbocycles. The summed E-state index contributed by atoms with van der Waals surface area (Å²) in [7, 11) is 1.89. The Hall–Kier alpha value is -2.14. The number of rotatable bonds is 4. The van der Waals surface area contributed by atoms with Crippen LogP contribution in [0.5, 0.6) is 0 Å². The number of carboxylic acids is 1. The van der Waals surface area contributed by atoms with Crippen molar-refractivity contribution >= 4 is 5.97 Å². The molecular formula is C17H21N3O2. The summed E-state index contributed by atoms with van der Waals surface area (Å²) in [5, 5.41) is 13.8. The van der Waals surface area contributed by atoms with Gasteiger partial charge in [0.15, 0.2) is 0 Å². The first kappa shape index (κ1) is 14.8. The minimum Gasteiger partial charge on any atom is -0.481 e. The Morgan fingerprint density at radius 1 is 1.32 bits per heavy atom. The van der Waals surface area contributed by atoms with Crippen molar-refractivity contribution in [3.8, 4) is 0 Å². The van der Waals surface area contributed by atoms with E-state index in [1.807, 2.05) is 43.0 Å². The molecule has 0 unspecified atom stereocenters. The number of carboxylic acid groups (broad SMARTS) is 1. The number of aromatic nitrogens is 2. The van der Waals surface area contributed by atoms with E-state index in [1.54, 1.807) is 0 Å². The molecule has 5 nitrogen and oxygen atoms in total. The van der Waals surface area contributed by atoms with E-state index in [9.17, 15) is 9.90 Å². The van der Waals surface area contributed by atoms with Gasteiger partial charge in [-0.15, -0.1) is 0 Å². The Balaban J connectivity index is 1.81. The van der Waals surface area contributed by atoms with Crippen molar-refractivity contribution < 1.29 is 9.90 Å². The van der Waals surface area contributed by atoms with E-state index in [0.717, 1.165) is 24.3 Å². The Bertz CT molecular complexity index is 666. The summed E-state index contributed by atoms with van der Waals surface area (Å²) in [6, 6.07) is 10.2. The number of nitrogens with zero attached hydrogens (tertiary/aromatic N) is 3. The van der Waals surface area contributed by atoms with Crippen molar-refractivity contribution in [2.24, 2.45) is 13.0 Å². The normalized spacial score (nSPS) is 22.1. The minimum absolute atomic E-state index is 0.00918. The van der Waals surface area contributed by atoms with Gasteiger partial charge in [0.25, 0.3) is 0 Å². The summed E-state index contributed by atoms with van der Waals surface area (Å²) < 4.78 is 1.81. The predicted molar refractivity (Wildman–Crippen MR) is 83.5 cm³/mol. The molecule has 2 aromatic rings. The molecule has 1 aliphatic rings. The zero-order valence-electron chi connectivity index (χ0n) is 12.9. The Morgan fingerprint density at radius 2 is 2.05 bits per heavy atom. The van der Waals surface area contributed by atoms with Crippen molar-refractivity contribution in [3.63, 3.8) is 0 Å². The highest BCUT2D eigenvalue weighted by molar-refractivity contribution is 5.72. The fourth-order valence-electron chi connectivity index (χ4n) is 3.30. The van der Waals surface area contributed by atoms with Crippen LogP contribution in [0, 0.1) is 12.8 Å². The maximum Gasteiger partial charge on any atom is 0.308 e. The van der Waals surface area contributed by atoms with E-state index >= 15 is 0 Å². The fraction of sp³-hybridized carbons (Fsp3) is 0.412. The minimum atomic E-state index is -0.719. The van der Waals surface area contributed by atoms with Crippen molar-refractivity contribution in [3.05, 3.63) is 53.3 Å². The highest BCUT2D eigenvalue weighted by Crippen LogP contribution is 2.35. The van der Waals surface area contributed by atoms with Crippen LogP contribution in [0.1, 0.15) is 22.7 Å². The lowest BCUT2D eigenvalue weighted by Crippen LogP contribution is -2.23. The number of likely N-dealkylation sites (tertiary alicyclic amines) is 1. The predicted octanol–water partition coefficient (Wildman–Crippen LogP) is 2.03. The van der Waals surface area contributed by atoms with Crippen LogP contribution in [0.2, 0.25) is 0 Å². The van der Waals surface area contributed by atoms with Crippen molar-refractivity contribution in [2.75, 3.05) is 13.1 Å². The summed E-state index contributed by atoms with van der Waals surface area (Å²) in [4.78, 5) is 13.9. The average molecular weight is 299 g/mol. The van der Waals surface area contributed by atoms with Crippen LogP contribution in [0.4, 0.5) is 0 Å². The second-order valence-electron chi connectivity index (χ2n) is 6.04. The first-order valence-electron chi connectivity index (χ1n) is 7.54. The molecule has 1 N–H and O–H groups in total. The van der Waals surface area contributed by atoms with Crippen LogP contribution in [0.15, 0.2) is 36.5 Å². The quantitative estimate of drug-likeness (QED) is 0.938. The molecule has 1 saturated heterocycles. The van der Waals surface area contributed by atoms with Crippen LogP contribution in [0.3, 0.4) is 0 Å². The van der Waals surface area contributed by atoms with E-state index in [4.69, 9.17) is 0 Å². The lowest BCUT2D eigenvalue weighted by molar-refractivity contribution is -0.141. The Morgan fingerprint density at radius 3 is 2.64 bits per heavy atom. The van der Waals surface area contributed by atoms with E-state index in [-0.39, 0.29) is 11.8 Å². The second kappa shape index (κ2) is 5.93. The van der Waals surface area contributed by atoms with E-state index in [1.165, 1.54) is 5.56 Å². The highest BCUT2D eigenvalue weighted by atomic mass is 16.4. The van der Waals surface area contributed by atoms with Gasteiger partial charge in [-0.05, 0) is 18.1 Å². The molecule has 2 heterocycles. The first-order valence-corrected chi connectivity index (χ1v) is 7.54. The Labute approximate surface area is 130 Å². The largest absolute Gasteiger partial charge is 0.481 e. The Kier molecular flexibility index (Phi) is 3.98. The summed E-state index contributed by atoms with van der Waals surface area (Å²) in [6.07, 6.45) is 1.82. The molecule has 0 bridgehead atoms. The van der Waals surface area contributed by atoms with Crippen LogP contribution < -0.4 is 0 Å². The van der Waals surface area contributed by atoms with E-state index < -0.39 is 5.97 Å². The van der Waals surface area contributed by atoms with Crippen molar-refractivity contribution in [1.82, 2.24) is 14.7 Å². The summed E-state index contributed by atoms with van der Waals surface area (Å²) in [5.74, 6) is -1.08. The van der Waals surface area contributed by atoms with Gasteiger partial charge in [-0.2, -0.15) is 5.10 Å². The zero-order valence-corrected chi connectivity index (χ0v) is 12.9. The van der Waals surface area contributed by atoms with Gasteiger partial charge in [0.05, 0.1) is 12.1 Å². The lowest BCUT2D eigenvalue weighted by atomic mass is 9.89. The number of carbonyl (C=O) groups is 1. The lowest BCUT2D eigenvalue weighted by Gasteiger charge is -2.16.